The van der Waals surface area contributed by atoms with Crippen molar-refractivity contribution < 1.29 is 18.0 Å². The number of aromatic nitrogens is 4. The second-order valence-corrected chi connectivity index (χ2v) is 8.24. The van der Waals surface area contributed by atoms with Gasteiger partial charge in [-0.3, -0.25) is 18.6 Å². The summed E-state index contributed by atoms with van der Waals surface area (Å²) in [5.41, 5.74) is -1.15. The van der Waals surface area contributed by atoms with Crippen LogP contribution in [-0.2, 0) is 17.5 Å². The largest absolute Gasteiger partial charge is 0.418 e. The Kier molecular flexibility index (Phi) is 6.17. The van der Waals surface area contributed by atoms with Gasteiger partial charge in [0.1, 0.15) is 0 Å². The number of hydrogen-bond donors (Lipinski definition) is 1. The Morgan fingerprint density at radius 3 is 2.70 bits per heavy atom. The first-order chi connectivity index (χ1) is 15.7. The summed E-state index contributed by atoms with van der Waals surface area (Å²) >= 11 is 6.65. The molecule has 170 valence electrons. The molecule has 0 spiro atoms. The van der Waals surface area contributed by atoms with Gasteiger partial charge in [-0.25, -0.2) is 0 Å². The van der Waals surface area contributed by atoms with E-state index in [2.05, 4.69) is 22.1 Å². The lowest BCUT2D eigenvalue weighted by atomic mass is 10.1. The van der Waals surface area contributed by atoms with Gasteiger partial charge in [-0.2, -0.15) is 13.2 Å². The van der Waals surface area contributed by atoms with Crippen LogP contribution < -0.4 is 10.9 Å². The monoisotopic (exact) mass is 493 g/mol. The molecule has 0 saturated carbocycles. The van der Waals surface area contributed by atoms with E-state index in [4.69, 9.17) is 11.6 Å². The number of hydrogen-bond acceptors (Lipinski definition) is 5. The second-order valence-electron chi connectivity index (χ2n) is 6.86. The van der Waals surface area contributed by atoms with Gasteiger partial charge in [-0.1, -0.05) is 41.6 Å². The molecule has 2 heterocycles. The first-order valence-electron chi connectivity index (χ1n) is 9.47. The number of anilines is 1. The summed E-state index contributed by atoms with van der Waals surface area (Å²) < 4.78 is 42.8. The Morgan fingerprint density at radius 2 is 1.97 bits per heavy atom. The van der Waals surface area contributed by atoms with Gasteiger partial charge in [0.05, 0.1) is 27.9 Å². The molecule has 1 amide bonds. The molecule has 0 atom stereocenters. The fourth-order valence-corrected chi connectivity index (χ4v) is 4.21. The third-order valence-electron chi connectivity index (χ3n) is 4.68. The van der Waals surface area contributed by atoms with E-state index in [1.54, 1.807) is 34.7 Å². The second kappa shape index (κ2) is 8.91. The van der Waals surface area contributed by atoms with Crippen LogP contribution >= 0.6 is 23.4 Å². The van der Waals surface area contributed by atoms with Gasteiger partial charge >= 0.3 is 6.18 Å². The Balaban J connectivity index is 1.64. The van der Waals surface area contributed by atoms with Crippen LogP contribution in [0.3, 0.4) is 0 Å². The quantitative estimate of drug-likeness (QED) is 0.313. The number of allylic oxidation sites excluding steroid dienone is 1. The highest BCUT2D eigenvalue weighted by Gasteiger charge is 2.34. The molecule has 2 aromatic heterocycles. The van der Waals surface area contributed by atoms with Gasteiger partial charge < -0.3 is 5.32 Å². The maximum atomic E-state index is 13.3. The summed E-state index contributed by atoms with van der Waals surface area (Å²) in [4.78, 5) is 25.2. The zero-order chi connectivity index (χ0) is 23.8. The first kappa shape index (κ1) is 22.9. The molecule has 0 radical (unpaired) electrons. The molecule has 0 saturated heterocycles. The Morgan fingerprint density at radius 1 is 1.21 bits per heavy atom. The lowest BCUT2D eigenvalue weighted by molar-refractivity contribution is -0.137. The van der Waals surface area contributed by atoms with Crippen molar-refractivity contribution >= 4 is 51.6 Å². The lowest BCUT2D eigenvalue weighted by Crippen LogP contribution is -2.23. The van der Waals surface area contributed by atoms with Gasteiger partial charge in [-0.05, 0) is 30.3 Å². The third-order valence-corrected chi connectivity index (χ3v) is 5.85. The number of carbonyl (C=O) groups is 1. The highest BCUT2D eigenvalue weighted by atomic mass is 35.5. The average molecular weight is 494 g/mol. The number of thioether (sulfide) groups is 1. The molecular weight excluding hydrogens is 479 g/mol. The van der Waals surface area contributed by atoms with Crippen molar-refractivity contribution in [1.82, 2.24) is 19.2 Å². The summed E-state index contributed by atoms with van der Waals surface area (Å²) in [5, 5.41) is 11.1. The predicted molar refractivity (Wildman–Crippen MR) is 121 cm³/mol. The van der Waals surface area contributed by atoms with Gasteiger partial charge in [0.15, 0.2) is 5.16 Å². The highest BCUT2D eigenvalue weighted by molar-refractivity contribution is 7.99. The molecule has 12 heteroatoms. The van der Waals surface area contributed by atoms with Crippen LogP contribution in [0.5, 0.6) is 0 Å². The smallest absolute Gasteiger partial charge is 0.325 e. The van der Waals surface area contributed by atoms with E-state index in [0.717, 1.165) is 23.9 Å². The molecule has 0 unspecified atom stereocenters. The average Bonchev–Trinajstić information content (AvgIpc) is 3.20. The topological polar surface area (TPSA) is 81.3 Å². The minimum atomic E-state index is -4.68. The highest BCUT2D eigenvalue weighted by Crippen LogP contribution is 2.36. The number of rotatable bonds is 6. The summed E-state index contributed by atoms with van der Waals surface area (Å²) in [5.74, 6) is -0.651. The number of benzene rings is 2. The number of carbonyl (C=O) groups excluding carboxylic acids is 1. The molecule has 0 aliphatic rings. The first-order valence-corrected chi connectivity index (χ1v) is 10.8. The van der Waals surface area contributed by atoms with Crippen LogP contribution in [0.4, 0.5) is 18.9 Å². The van der Waals surface area contributed by atoms with E-state index in [1.807, 2.05) is 0 Å². The summed E-state index contributed by atoms with van der Waals surface area (Å²) in [6.45, 7) is 3.86. The number of nitrogens with zero attached hydrogens (tertiary/aromatic N) is 4. The van der Waals surface area contributed by atoms with Crippen molar-refractivity contribution in [2.45, 2.75) is 17.9 Å². The molecule has 4 aromatic rings. The Labute approximate surface area is 193 Å². The van der Waals surface area contributed by atoms with Crippen LogP contribution in [0.1, 0.15) is 5.56 Å². The fraction of sp³-hybridized carbons (Fsp3) is 0.143. The molecule has 2 aromatic carbocycles. The summed E-state index contributed by atoms with van der Waals surface area (Å²) in [6.07, 6.45) is -3.13. The normalized spacial score (nSPS) is 11.8. The van der Waals surface area contributed by atoms with Crippen LogP contribution in [0.2, 0.25) is 5.02 Å². The number of nitrogens with one attached hydrogen (secondary N) is 1. The Bertz CT molecular complexity index is 1450. The summed E-state index contributed by atoms with van der Waals surface area (Å²) in [6, 6.07) is 9.97. The molecule has 0 fully saturated rings. The van der Waals surface area contributed by atoms with Crippen molar-refractivity contribution in [3.63, 3.8) is 0 Å². The maximum Gasteiger partial charge on any atom is 0.418 e. The SMILES string of the molecule is C=CCn1c(=O)c2ccccc2n2c(SCC(=O)Nc3ccc(Cl)cc3C(F)(F)F)nnc12. The third kappa shape index (κ3) is 4.46. The molecule has 0 aliphatic heterocycles. The molecule has 7 nitrogen and oxygen atoms in total. The number of fused-ring (bicyclic) bond motifs is 3. The number of halogens is 4. The van der Waals surface area contributed by atoms with Crippen molar-refractivity contribution in [2.75, 3.05) is 11.1 Å². The van der Waals surface area contributed by atoms with E-state index in [-0.39, 0.29) is 28.7 Å². The van der Waals surface area contributed by atoms with Crippen LogP contribution in [0.25, 0.3) is 16.7 Å². The zero-order valence-corrected chi connectivity index (χ0v) is 18.3. The van der Waals surface area contributed by atoms with Crippen LogP contribution in [0, 0.1) is 0 Å². The molecule has 0 bridgehead atoms. The molecular formula is C21H15ClF3N5O2S. The van der Waals surface area contributed by atoms with E-state index < -0.39 is 23.3 Å². The fourth-order valence-electron chi connectivity index (χ4n) is 3.30. The maximum absolute atomic E-state index is 13.3. The Hall–Kier alpha value is -3.31. The van der Waals surface area contributed by atoms with E-state index in [1.165, 1.54) is 10.6 Å². The van der Waals surface area contributed by atoms with Crippen molar-refractivity contribution in [3.05, 3.63) is 76.1 Å². The molecule has 0 aliphatic carbocycles. The van der Waals surface area contributed by atoms with E-state index in [9.17, 15) is 22.8 Å². The van der Waals surface area contributed by atoms with Crippen LogP contribution in [0.15, 0.2) is 65.1 Å². The lowest BCUT2D eigenvalue weighted by Gasteiger charge is -2.14. The van der Waals surface area contributed by atoms with Crippen LogP contribution in [-0.4, -0.2) is 30.8 Å². The number of alkyl halides is 3. The van der Waals surface area contributed by atoms with Gasteiger partial charge in [0.2, 0.25) is 11.7 Å². The van der Waals surface area contributed by atoms with Gasteiger partial charge in [0, 0.05) is 11.6 Å². The standard InChI is InChI=1S/C21H15ClF3N5O2S/c1-2-9-29-18(32)13-5-3-4-6-16(13)30-19(29)27-28-20(30)33-11-17(31)26-15-8-7-12(22)10-14(15)21(23,24)25/h2-8,10H,1,9,11H2,(H,26,31). The molecule has 33 heavy (non-hydrogen) atoms. The van der Waals surface area contributed by atoms with E-state index in [0.29, 0.717) is 16.1 Å². The van der Waals surface area contributed by atoms with Gasteiger partial charge in [0.25, 0.3) is 5.56 Å². The predicted octanol–water partition coefficient (Wildman–Crippen LogP) is 4.63. The van der Waals surface area contributed by atoms with Crippen molar-refractivity contribution in [3.8, 4) is 0 Å². The zero-order valence-electron chi connectivity index (χ0n) is 16.8. The number of para-hydroxylation sites is 1. The van der Waals surface area contributed by atoms with Gasteiger partial charge in [-0.15, -0.1) is 16.8 Å². The van der Waals surface area contributed by atoms with Crippen molar-refractivity contribution in [1.29, 1.82) is 0 Å². The molecule has 4 rings (SSSR count). The summed E-state index contributed by atoms with van der Waals surface area (Å²) in [7, 11) is 0. The van der Waals surface area contributed by atoms with Crippen molar-refractivity contribution in [2.24, 2.45) is 0 Å². The molecule has 1 N–H and O–H groups in total. The minimum Gasteiger partial charge on any atom is -0.325 e. The number of amides is 1. The van der Waals surface area contributed by atoms with E-state index >= 15 is 0 Å². The minimum absolute atomic E-state index is 0.0953.